The van der Waals surface area contributed by atoms with Gasteiger partial charge in [0.05, 0.1) is 11.3 Å². The van der Waals surface area contributed by atoms with Crippen molar-refractivity contribution in [2.24, 2.45) is 5.84 Å². The molecule has 1 aliphatic carbocycles. The number of pyridine rings is 1. The van der Waals surface area contributed by atoms with Gasteiger partial charge in [0.2, 0.25) is 0 Å². The minimum absolute atomic E-state index is 0.275. The Morgan fingerprint density at radius 3 is 2.95 bits per heavy atom. The van der Waals surface area contributed by atoms with Gasteiger partial charge in [-0.3, -0.25) is 10.1 Å². The topological polar surface area (TPSA) is 92.9 Å². The first-order valence-corrected chi connectivity index (χ1v) is 8.20. The van der Waals surface area contributed by atoms with Gasteiger partial charge in [-0.15, -0.1) is 11.3 Å². The van der Waals surface area contributed by atoms with Crippen molar-refractivity contribution < 1.29 is 4.79 Å². The number of carbonyl (C=O) groups excluding carboxylic acids is 1. The van der Waals surface area contributed by atoms with E-state index < -0.39 is 0 Å². The number of carbonyl (C=O) groups is 1. The van der Waals surface area contributed by atoms with Crippen molar-refractivity contribution in [3.8, 4) is 0 Å². The fourth-order valence-corrected chi connectivity index (χ4v) is 3.67. The molecule has 0 radical (unpaired) electrons. The number of hydrogen-bond acceptors (Lipinski definition) is 6. The van der Waals surface area contributed by atoms with Crippen LogP contribution in [-0.2, 0) is 12.8 Å². The van der Waals surface area contributed by atoms with Crippen LogP contribution in [0.5, 0.6) is 0 Å². The maximum Gasteiger partial charge on any atom is 0.261 e. The number of amides is 1. The Morgan fingerprint density at radius 2 is 2.19 bits per heavy atom. The molecule has 1 aliphatic rings. The molecule has 0 saturated heterocycles. The number of aromatic nitrogens is 2. The highest BCUT2D eigenvalue weighted by molar-refractivity contribution is 9.10. The fourth-order valence-electron chi connectivity index (χ4n) is 2.30. The van der Waals surface area contributed by atoms with Gasteiger partial charge in [0.1, 0.15) is 0 Å². The standard InChI is InChI=1S/C13H14BrN5OS/c14-7-5-8(11(19-15)16-6-7)12(20)18-13-17-9-3-1-2-4-10(9)21-13/h5-6H,1-4,15H2,(H,16,19)(H,17,18,20). The molecule has 8 heteroatoms. The van der Waals surface area contributed by atoms with E-state index in [0.717, 1.165) is 18.5 Å². The van der Waals surface area contributed by atoms with Crippen LogP contribution in [0, 0.1) is 0 Å². The third-order valence-corrected chi connectivity index (χ3v) is 4.81. The van der Waals surface area contributed by atoms with Gasteiger partial charge in [0.15, 0.2) is 10.9 Å². The van der Waals surface area contributed by atoms with Gasteiger partial charge < -0.3 is 5.43 Å². The number of thiazole rings is 1. The molecule has 0 aromatic carbocycles. The summed E-state index contributed by atoms with van der Waals surface area (Å²) in [5.74, 6) is 5.45. The zero-order valence-electron chi connectivity index (χ0n) is 11.1. The van der Waals surface area contributed by atoms with Crippen LogP contribution < -0.4 is 16.6 Å². The van der Waals surface area contributed by atoms with Crippen LogP contribution in [0.1, 0.15) is 33.8 Å². The minimum atomic E-state index is -0.275. The van der Waals surface area contributed by atoms with Gasteiger partial charge in [-0.1, -0.05) is 0 Å². The van der Waals surface area contributed by atoms with E-state index in [2.05, 4.69) is 36.6 Å². The number of aryl methyl sites for hydroxylation is 2. The second-order valence-corrected chi connectivity index (χ2v) is 6.74. The summed E-state index contributed by atoms with van der Waals surface area (Å²) in [4.78, 5) is 22.2. The first-order chi connectivity index (χ1) is 10.2. The third-order valence-electron chi connectivity index (χ3n) is 3.30. The molecular formula is C13H14BrN5OS. The van der Waals surface area contributed by atoms with Crippen molar-refractivity contribution >= 4 is 44.1 Å². The first kappa shape index (κ1) is 14.4. The van der Waals surface area contributed by atoms with Gasteiger partial charge in [0.25, 0.3) is 5.91 Å². The number of rotatable bonds is 3. The smallest absolute Gasteiger partial charge is 0.261 e. The SMILES string of the molecule is NNc1ncc(Br)cc1C(=O)Nc1nc2c(s1)CCCC2. The minimum Gasteiger partial charge on any atom is -0.308 e. The molecule has 3 rings (SSSR count). The summed E-state index contributed by atoms with van der Waals surface area (Å²) in [7, 11) is 0. The van der Waals surface area contributed by atoms with Gasteiger partial charge >= 0.3 is 0 Å². The van der Waals surface area contributed by atoms with E-state index in [1.807, 2.05) is 0 Å². The lowest BCUT2D eigenvalue weighted by molar-refractivity contribution is 0.102. The molecule has 6 nitrogen and oxygen atoms in total. The van der Waals surface area contributed by atoms with E-state index in [0.29, 0.717) is 21.0 Å². The van der Waals surface area contributed by atoms with E-state index in [4.69, 9.17) is 5.84 Å². The molecule has 0 unspecified atom stereocenters. The summed E-state index contributed by atoms with van der Waals surface area (Å²) >= 11 is 4.85. The molecule has 0 atom stereocenters. The molecule has 0 fully saturated rings. The maximum absolute atomic E-state index is 12.4. The monoisotopic (exact) mass is 367 g/mol. The Bertz CT molecular complexity index is 664. The summed E-state index contributed by atoms with van der Waals surface area (Å²) in [5.41, 5.74) is 3.92. The van der Waals surface area contributed by atoms with E-state index in [1.165, 1.54) is 17.7 Å². The predicted octanol–water partition coefficient (Wildman–Crippen LogP) is 2.72. The quantitative estimate of drug-likeness (QED) is 0.572. The highest BCUT2D eigenvalue weighted by atomic mass is 79.9. The number of anilines is 2. The summed E-state index contributed by atoms with van der Waals surface area (Å²) in [6, 6.07) is 1.67. The summed E-state index contributed by atoms with van der Waals surface area (Å²) in [5, 5.41) is 3.46. The summed E-state index contributed by atoms with van der Waals surface area (Å²) in [6.07, 6.45) is 5.99. The van der Waals surface area contributed by atoms with Gasteiger partial charge in [-0.2, -0.15) is 0 Å². The second-order valence-electron chi connectivity index (χ2n) is 4.74. The van der Waals surface area contributed by atoms with Crippen LogP contribution in [0.4, 0.5) is 10.9 Å². The van der Waals surface area contributed by atoms with Gasteiger partial charge in [-0.25, -0.2) is 15.8 Å². The average molecular weight is 368 g/mol. The Hall–Kier alpha value is -1.51. The highest BCUT2D eigenvalue weighted by Crippen LogP contribution is 2.30. The molecule has 21 heavy (non-hydrogen) atoms. The molecule has 1 amide bonds. The largest absolute Gasteiger partial charge is 0.308 e. The van der Waals surface area contributed by atoms with Crippen molar-refractivity contribution in [1.29, 1.82) is 0 Å². The van der Waals surface area contributed by atoms with E-state index in [1.54, 1.807) is 23.6 Å². The third kappa shape index (κ3) is 3.07. The number of fused-ring (bicyclic) bond motifs is 1. The molecule has 2 aromatic heterocycles. The zero-order chi connectivity index (χ0) is 14.8. The molecule has 0 aliphatic heterocycles. The molecule has 110 valence electrons. The van der Waals surface area contributed by atoms with E-state index >= 15 is 0 Å². The number of hydrogen-bond donors (Lipinski definition) is 3. The van der Waals surface area contributed by atoms with Crippen molar-refractivity contribution in [1.82, 2.24) is 9.97 Å². The Morgan fingerprint density at radius 1 is 1.38 bits per heavy atom. The molecule has 0 bridgehead atoms. The normalized spacial score (nSPS) is 13.6. The number of halogens is 1. The molecule has 4 N–H and O–H groups in total. The van der Waals surface area contributed by atoms with Crippen LogP contribution in [-0.4, -0.2) is 15.9 Å². The Labute approximate surface area is 134 Å². The molecule has 0 saturated carbocycles. The molecular weight excluding hydrogens is 354 g/mol. The van der Waals surface area contributed by atoms with Gasteiger partial charge in [-0.05, 0) is 47.7 Å². The highest BCUT2D eigenvalue weighted by Gasteiger charge is 2.18. The van der Waals surface area contributed by atoms with Gasteiger partial charge in [0, 0.05) is 15.5 Å². The second kappa shape index (κ2) is 6.08. The van der Waals surface area contributed by atoms with Crippen LogP contribution in [0.2, 0.25) is 0 Å². The van der Waals surface area contributed by atoms with Crippen molar-refractivity contribution in [2.75, 3.05) is 10.7 Å². The fraction of sp³-hybridized carbons (Fsp3) is 0.308. The average Bonchev–Trinajstić information content (AvgIpc) is 2.89. The van der Waals surface area contributed by atoms with Crippen molar-refractivity contribution in [2.45, 2.75) is 25.7 Å². The number of nitrogens with two attached hydrogens (primary N) is 1. The number of nitrogens with zero attached hydrogens (tertiary/aromatic N) is 2. The molecule has 0 spiro atoms. The number of hydrazine groups is 1. The lowest BCUT2D eigenvalue weighted by Crippen LogP contribution is -2.18. The first-order valence-electron chi connectivity index (χ1n) is 6.59. The van der Waals surface area contributed by atoms with Crippen LogP contribution in [0.15, 0.2) is 16.7 Å². The zero-order valence-corrected chi connectivity index (χ0v) is 13.6. The Kier molecular flexibility index (Phi) is 4.18. The lowest BCUT2D eigenvalue weighted by Gasteiger charge is -2.07. The van der Waals surface area contributed by atoms with E-state index in [-0.39, 0.29) is 5.91 Å². The predicted molar refractivity (Wildman–Crippen MR) is 86.5 cm³/mol. The van der Waals surface area contributed by atoms with Crippen LogP contribution >= 0.6 is 27.3 Å². The van der Waals surface area contributed by atoms with Crippen molar-refractivity contribution in [3.63, 3.8) is 0 Å². The summed E-state index contributed by atoms with van der Waals surface area (Å²) in [6.45, 7) is 0. The van der Waals surface area contributed by atoms with Crippen LogP contribution in [0.3, 0.4) is 0 Å². The Balaban J connectivity index is 1.83. The molecule has 2 aromatic rings. The summed E-state index contributed by atoms with van der Waals surface area (Å²) < 4.78 is 0.713. The maximum atomic E-state index is 12.4. The number of nitrogen functional groups attached to an aromatic ring is 1. The number of nitrogens with one attached hydrogen (secondary N) is 2. The van der Waals surface area contributed by atoms with Crippen LogP contribution in [0.25, 0.3) is 0 Å². The molecule has 2 heterocycles. The van der Waals surface area contributed by atoms with Crippen molar-refractivity contribution in [3.05, 3.63) is 32.9 Å². The van der Waals surface area contributed by atoms with E-state index in [9.17, 15) is 4.79 Å². The lowest BCUT2D eigenvalue weighted by atomic mass is 10.0.